The fourth-order valence-corrected chi connectivity index (χ4v) is 6.92. The van der Waals surface area contributed by atoms with Gasteiger partial charge in [-0.2, -0.15) is 0 Å². The predicted molar refractivity (Wildman–Crippen MR) is 87.3 cm³/mol. The first kappa shape index (κ1) is 14.9. The number of ketones is 1. The number of Topliss-reactive ketones (excluding diaryl/α,β-unsaturated/α-hetero) is 1. The zero-order chi connectivity index (χ0) is 15.5. The third-order valence-corrected chi connectivity index (χ3v) is 8.31. The second-order valence-electron chi connectivity index (χ2n) is 8.81. The van der Waals surface area contributed by atoms with Crippen molar-refractivity contribution in [3.05, 3.63) is 11.6 Å². The zero-order valence-electron chi connectivity index (χ0n) is 14.1. The number of fused-ring (bicyclic) bond motifs is 5. The van der Waals surface area contributed by atoms with Crippen LogP contribution in [0.15, 0.2) is 11.6 Å². The van der Waals surface area contributed by atoms with E-state index >= 15 is 0 Å². The summed E-state index contributed by atoms with van der Waals surface area (Å²) in [7, 11) is 0. The van der Waals surface area contributed by atoms with Gasteiger partial charge >= 0.3 is 0 Å². The van der Waals surface area contributed by atoms with Crippen molar-refractivity contribution in [1.82, 2.24) is 0 Å². The second-order valence-corrected chi connectivity index (χ2v) is 8.81. The van der Waals surface area contributed by atoms with Crippen LogP contribution in [0.1, 0.15) is 65.2 Å². The van der Waals surface area contributed by atoms with Gasteiger partial charge in [-0.25, -0.2) is 0 Å². The number of carbonyl (C=O) groups excluding carboxylic acids is 1. The number of aliphatic hydroxyl groups excluding tert-OH is 1. The average molecular weight is 302 g/mol. The first-order valence-corrected chi connectivity index (χ1v) is 9.35. The van der Waals surface area contributed by atoms with E-state index in [0.29, 0.717) is 36.1 Å². The van der Waals surface area contributed by atoms with Crippen LogP contribution in [-0.4, -0.2) is 17.5 Å². The average Bonchev–Trinajstić information content (AvgIpc) is 2.82. The van der Waals surface area contributed by atoms with Crippen LogP contribution in [0, 0.1) is 34.5 Å². The van der Waals surface area contributed by atoms with Gasteiger partial charge in [-0.05, 0) is 74.0 Å². The lowest BCUT2D eigenvalue weighted by atomic mass is 9.46. The van der Waals surface area contributed by atoms with Crippen molar-refractivity contribution in [2.75, 3.05) is 6.61 Å². The predicted octanol–water partition coefficient (Wildman–Crippen LogP) is 4.13. The Balaban J connectivity index is 1.73. The maximum absolute atomic E-state index is 12.4. The summed E-state index contributed by atoms with van der Waals surface area (Å²) in [6.45, 7) is 5.02. The van der Waals surface area contributed by atoms with Gasteiger partial charge in [0.2, 0.25) is 0 Å². The molecule has 4 aliphatic carbocycles. The van der Waals surface area contributed by atoms with E-state index in [2.05, 4.69) is 19.9 Å². The lowest BCUT2D eigenvalue weighted by molar-refractivity contribution is -0.133. The molecule has 0 aromatic rings. The van der Waals surface area contributed by atoms with Crippen molar-refractivity contribution in [3.8, 4) is 0 Å². The summed E-state index contributed by atoms with van der Waals surface area (Å²) in [5, 5.41) is 9.98. The van der Waals surface area contributed by atoms with Gasteiger partial charge in [0.25, 0.3) is 0 Å². The van der Waals surface area contributed by atoms with Gasteiger partial charge in [0.05, 0.1) is 0 Å². The van der Waals surface area contributed by atoms with Crippen molar-refractivity contribution in [2.24, 2.45) is 34.5 Å². The molecule has 0 unspecified atom stereocenters. The fourth-order valence-electron chi connectivity index (χ4n) is 6.92. The van der Waals surface area contributed by atoms with Crippen molar-refractivity contribution < 1.29 is 9.90 Å². The van der Waals surface area contributed by atoms with E-state index in [1.165, 1.54) is 32.1 Å². The molecule has 0 aliphatic heterocycles. The van der Waals surface area contributed by atoms with Crippen LogP contribution in [0.4, 0.5) is 0 Å². The summed E-state index contributed by atoms with van der Waals surface area (Å²) in [5.74, 6) is 2.91. The van der Waals surface area contributed by atoms with Crippen LogP contribution in [0.5, 0.6) is 0 Å². The Morgan fingerprint density at radius 3 is 2.77 bits per heavy atom. The standard InChI is InChI=1S/C20H30O2/c1-19-11-10-17-15(16(19)8-9-18(19)22)7-6-13-4-3-5-14(12-21)20(13,17)2/h6,14-17,21H,3-5,7-12H2,1-2H3/t14-,15+,16+,17+,19+,20-/m1/s1. The Morgan fingerprint density at radius 2 is 2.00 bits per heavy atom. The molecule has 122 valence electrons. The Morgan fingerprint density at radius 1 is 1.18 bits per heavy atom. The molecule has 22 heavy (non-hydrogen) atoms. The number of carbonyl (C=O) groups is 1. The highest BCUT2D eigenvalue weighted by molar-refractivity contribution is 5.87. The summed E-state index contributed by atoms with van der Waals surface area (Å²) in [5.41, 5.74) is 1.79. The zero-order valence-corrected chi connectivity index (χ0v) is 14.1. The molecule has 0 aromatic carbocycles. The number of hydrogen-bond donors (Lipinski definition) is 1. The maximum Gasteiger partial charge on any atom is 0.139 e. The van der Waals surface area contributed by atoms with Crippen LogP contribution in [0.2, 0.25) is 0 Å². The van der Waals surface area contributed by atoms with E-state index in [4.69, 9.17) is 0 Å². The topological polar surface area (TPSA) is 37.3 Å². The number of aliphatic hydroxyl groups is 1. The molecule has 3 saturated carbocycles. The van der Waals surface area contributed by atoms with Gasteiger partial charge in [0, 0.05) is 18.4 Å². The lowest BCUT2D eigenvalue weighted by Crippen LogP contribution is -2.53. The molecule has 0 amide bonds. The molecule has 4 aliphatic rings. The highest BCUT2D eigenvalue weighted by atomic mass is 16.3. The van der Waals surface area contributed by atoms with Gasteiger partial charge < -0.3 is 5.11 Å². The van der Waals surface area contributed by atoms with Gasteiger partial charge in [0.15, 0.2) is 0 Å². The smallest absolute Gasteiger partial charge is 0.139 e. The minimum absolute atomic E-state index is 0.0355. The first-order valence-electron chi connectivity index (χ1n) is 9.35. The third kappa shape index (κ3) is 1.74. The Kier molecular flexibility index (Phi) is 3.35. The Labute approximate surface area is 134 Å². The highest BCUT2D eigenvalue weighted by Gasteiger charge is 2.59. The van der Waals surface area contributed by atoms with Crippen molar-refractivity contribution in [3.63, 3.8) is 0 Å². The van der Waals surface area contributed by atoms with E-state index in [9.17, 15) is 9.90 Å². The molecule has 1 N–H and O–H groups in total. The summed E-state index contributed by atoms with van der Waals surface area (Å²) in [4.78, 5) is 12.4. The summed E-state index contributed by atoms with van der Waals surface area (Å²) < 4.78 is 0. The van der Waals surface area contributed by atoms with Crippen LogP contribution in [-0.2, 0) is 4.79 Å². The molecule has 0 spiro atoms. The number of hydrogen-bond acceptors (Lipinski definition) is 2. The van der Waals surface area contributed by atoms with Gasteiger partial charge in [-0.15, -0.1) is 0 Å². The molecule has 0 heterocycles. The summed E-state index contributed by atoms with van der Waals surface area (Å²) >= 11 is 0. The third-order valence-electron chi connectivity index (χ3n) is 8.31. The maximum atomic E-state index is 12.4. The van der Waals surface area contributed by atoms with E-state index in [-0.39, 0.29) is 10.8 Å². The monoisotopic (exact) mass is 302 g/mol. The molecule has 0 aromatic heterocycles. The minimum atomic E-state index is -0.0355. The van der Waals surface area contributed by atoms with E-state index in [0.717, 1.165) is 19.3 Å². The molecule has 0 radical (unpaired) electrons. The van der Waals surface area contributed by atoms with Gasteiger partial charge in [-0.3, -0.25) is 4.79 Å². The molecule has 0 saturated heterocycles. The molecule has 4 rings (SSSR count). The van der Waals surface area contributed by atoms with Crippen molar-refractivity contribution >= 4 is 5.78 Å². The second kappa shape index (κ2) is 4.93. The molecular weight excluding hydrogens is 272 g/mol. The first-order chi connectivity index (χ1) is 10.5. The fraction of sp³-hybridized carbons (Fsp3) is 0.850. The Bertz CT molecular complexity index is 522. The van der Waals surface area contributed by atoms with Crippen LogP contribution < -0.4 is 0 Å². The molecule has 2 heteroatoms. The largest absolute Gasteiger partial charge is 0.396 e. The van der Waals surface area contributed by atoms with Crippen LogP contribution in [0.3, 0.4) is 0 Å². The Hall–Kier alpha value is -0.630. The lowest BCUT2D eigenvalue weighted by Gasteiger charge is -2.58. The van der Waals surface area contributed by atoms with Gasteiger partial charge in [0.1, 0.15) is 5.78 Å². The summed E-state index contributed by atoms with van der Waals surface area (Å²) in [6, 6.07) is 0. The van der Waals surface area contributed by atoms with Crippen LogP contribution in [0.25, 0.3) is 0 Å². The molecule has 2 nitrogen and oxygen atoms in total. The van der Waals surface area contributed by atoms with E-state index in [1.54, 1.807) is 5.57 Å². The molecule has 0 bridgehead atoms. The SMILES string of the molecule is C[C@]12C(=CC[C@@H]3[C@@H]1CC[C@]1(C)C(=O)CC[C@@H]31)CCC[C@@H]2CO. The van der Waals surface area contributed by atoms with Gasteiger partial charge in [-0.1, -0.05) is 25.5 Å². The minimum Gasteiger partial charge on any atom is -0.396 e. The number of allylic oxidation sites excluding steroid dienone is 2. The molecule has 3 fully saturated rings. The molecule has 6 atom stereocenters. The highest BCUT2D eigenvalue weighted by Crippen LogP contribution is 2.65. The quantitative estimate of drug-likeness (QED) is 0.740. The van der Waals surface area contributed by atoms with E-state index < -0.39 is 0 Å². The number of rotatable bonds is 1. The van der Waals surface area contributed by atoms with Crippen molar-refractivity contribution in [1.29, 1.82) is 0 Å². The van der Waals surface area contributed by atoms with E-state index in [1.807, 2.05) is 0 Å². The van der Waals surface area contributed by atoms with Crippen molar-refractivity contribution in [2.45, 2.75) is 65.2 Å². The molecular formula is C20H30O2. The summed E-state index contributed by atoms with van der Waals surface area (Å²) in [6.07, 6.45) is 11.5. The van der Waals surface area contributed by atoms with Crippen LogP contribution >= 0.6 is 0 Å². The normalized spacial score (nSPS) is 50.9.